The summed E-state index contributed by atoms with van der Waals surface area (Å²) in [5, 5.41) is 7.32. The number of nitrogens with zero attached hydrogens (tertiary/aromatic N) is 4. The molecule has 0 spiro atoms. The number of hydrogen-bond acceptors (Lipinski definition) is 6. The summed E-state index contributed by atoms with van der Waals surface area (Å²) in [4.78, 5) is 15.2. The van der Waals surface area contributed by atoms with E-state index < -0.39 is 12.1 Å². The number of aromatic nitrogens is 4. The molecular formula is C12H7F3N4O2S. The van der Waals surface area contributed by atoms with Crippen LogP contribution in [0.5, 0.6) is 0 Å². The zero-order valence-electron chi connectivity index (χ0n) is 10.7. The molecule has 0 atom stereocenters. The summed E-state index contributed by atoms with van der Waals surface area (Å²) in [5.41, 5.74) is 0.449. The van der Waals surface area contributed by atoms with E-state index in [9.17, 15) is 18.0 Å². The number of aldehydes is 1. The summed E-state index contributed by atoms with van der Waals surface area (Å²) in [5.74, 6) is -1.49. The maximum Gasteiger partial charge on any atom is 0.471 e. The molecule has 0 aliphatic heterocycles. The normalized spacial score (nSPS) is 11.8. The Morgan fingerprint density at radius 3 is 2.82 bits per heavy atom. The fourth-order valence-electron chi connectivity index (χ4n) is 1.71. The SMILES string of the molecule is O=Cc1cnn(Cc2ccc(-c3noc(C(F)(F)F)n3)s2)c1. The molecule has 0 aliphatic carbocycles. The topological polar surface area (TPSA) is 73.8 Å². The molecule has 0 unspecified atom stereocenters. The third-order valence-corrected chi connectivity index (χ3v) is 3.72. The predicted molar refractivity (Wildman–Crippen MR) is 69.3 cm³/mol. The van der Waals surface area contributed by atoms with E-state index >= 15 is 0 Å². The van der Waals surface area contributed by atoms with Gasteiger partial charge >= 0.3 is 12.1 Å². The molecule has 3 heterocycles. The maximum atomic E-state index is 12.4. The van der Waals surface area contributed by atoms with E-state index in [2.05, 4.69) is 19.8 Å². The van der Waals surface area contributed by atoms with Gasteiger partial charge in [0.1, 0.15) is 0 Å². The molecule has 0 radical (unpaired) electrons. The van der Waals surface area contributed by atoms with Gasteiger partial charge in [-0.15, -0.1) is 11.3 Å². The highest BCUT2D eigenvalue weighted by atomic mass is 32.1. The van der Waals surface area contributed by atoms with Crippen molar-refractivity contribution in [1.82, 2.24) is 19.9 Å². The molecule has 0 saturated heterocycles. The predicted octanol–water partition coefficient (Wildman–Crippen LogP) is 2.87. The second kappa shape index (κ2) is 5.37. The molecule has 3 aromatic rings. The van der Waals surface area contributed by atoms with E-state index in [4.69, 9.17) is 0 Å². The summed E-state index contributed by atoms with van der Waals surface area (Å²) < 4.78 is 43.0. The minimum atomic E-state index is -4.66. The summed E-state index contributed by atoms with van der Waals surface area (Å²) in [6.07, 6.45) is -0.980. The first-order valence-corrected chi connectivity index (χ1v) is 6.75. The Morgan fingerprint density at radius 1 is 1.36 bits per heavy atom. The summed E-state index contributed by atoms with van der Waals surface area (Å²) >= 11 is 1.22. The van der Waals surface area contributed by atoms with E-state index in [1.54, 1.807) is 23.0 Å². The van der Waals surface area contributed by atoms with Crippen molar-refractivity contribution >= 4 is 17.6 Å². The highest BCUT2D eigenvalue weighted by Gasteiger charge is 2.38. The van der Waals surface area contributed by atoms with Gasteiger partial charge in [0.15, 0.2) is 6.29 Å². The number of thiophene rings is 1. The third kappa shape index (κ3) is 2.91. The minimum absolute atomic E-state index is 0.113. The number of rotatable bonds is 4. The summed E-state index contributed by atoms with van der Waals surface area (Å²) in [6.45, 7) is 0.391. The van der Waals surface area contributed by atoms with Crippen molar-refractivity contribution in [1.29, 1.82) is 0 Å². The molecule has 114 valence electrons. The van der Waals surface area contributed by atoms with Crippen LogP contribution < -0.4 is 0 Å². The van der Waals surface area contributed by atoms with E-state index in [1.165, 1.54) is 17.5 Å². The second-order valence-corrected chi connectivity index (χ2v) is 5.44. The van der Waals surface area contributed by atoms with E-state index in [0.29, 0.717) is 23.3 Å². The summed E-state index contributed by atoms with van der Waals surface area (Å²) in [7, 11) is 0. The van der Waals surface area contributed by atoms with Crippen molar-refractivity contribution in [2.75, 3.05) is 0 Å². The number of alkyl halides is 3. The molecule has 0 saturated carbocycles. The van der Waals surface area contributed by atoms with Gasteiger partial charge < -0.3 is 4.52 Å². The van der Waals surface area contributed by atoms with E-state index in [1.807, 2.05) is 0 Å². The molecular weight excluding hydrogens is 321 g/mol. The quantitative estimate of drug-likeness (QED) is 0.689. The van der Waals surface area contributed by atoms with Crippen LogP contribution in [0.4, 0.5) is 13.2 Å². The molecule has 0 bridgehead atoms. The Balaban J connectivity index is 1.78. The van der Waals surface area contributed by atoms with Crippen molar-refractivity contribution in [3.8, 4) is 10.7 Å². The van der Waals surface area contributed by atoms with Gasteiger partial charge in [-0.25, -0.2) is 0 Å². The van der Waals surface area contributed by atoms with E-state index in [-0.39, 0.29) is 5.82 Å². The zero-order valence-corrected chi connectivity index (χ0v) is 11.6. The smallest absolute Gasteiger partial charge is 0.329 e. The largest absolute Gasteiger partial charge is 0.471 e. The van der Waals surface area contributed by atoms with Gasteiger partial charge in [0.05, 0.1) is 23.2 Å². The highest BCUT2D eigenvalue weighted by molar-refractivity contribution is 7.15. The summed E-state index contributed by atoms with van der Waals surface area (Å²) in [6, 6.07) is 3.33. The van der Waals surface area contributed by atoms with Gasteiger partial charge in [0, 0.05) is 11.1 Å². The zero-order chi connectivity index (χ0) is 15.7. The first-order chi connectivity index (χ1) is 10.5. The Morgan fingerprint density at radius 2 is 2.18 bits per heavy atom. The van der Waals surface area contributed by atoms with Crippen LogP contribution in [0.1, 0.15) is 21.1 Å². The molecule has 22 heavy (non-hydrogen) atoms. The average molecular weight is 328 g/mol. The lowest BCUT2D eigenvalue weighted by molar-refractivity contribution is -0.159. The van der Waals surface area contributed by atoms with Crippen LogP contribution in [-0.4, -0.2) is 26.2 Å². The molecule has 3 aromatic heterocycles. The van der Waals surface area contributed by atoms with Gasteiger partial charge in [-0.05, 0) is 12.1 Å². The van der Waals surface area contributed by atoms with Crippen LogP contribution >= 0.6 is 11.3 Å². The van der Waals surface area contributed by atoms with Gasteiger partial charge in [-0.3, -0.25) is 9.48 Å². The fourth-order valence-corrected chi connectivity index (χ4v) is 2.63. The van der Waals surface area contributed by atoms with Gasteiger partial charge in [0.25, 0.3) is 0 Å². The van der Waals surface area contributed by atoms with Gasteiger partial charge in [0.2, 0.25) is 5.82 Å². The van der Waals surface area contributed by atoms with Crippen molar-refractivity contribution in [2.45, 2.75) is 12.7 Å². The van der Waals surface area contributed by atoms with Gasteiger partial charge in [-0.2, -0.15) is 23.3 Å². The number of carbonyl (C=O) groups is 1. The van der Waals surface area contributed by atoms with Crippen LogP contribution in [0.3, 0.4) is 0 Å². The monoisotopic (exact) mass is 328 g/mol. The molecule has 3 rings (SSSR count). The fraction of sp³-hybridized carbons (Fsp3) is 0.167. The Bertz CT molecular complexity index is 805. The minimum Gasteiger partial charge on any atom is -0.329 e. The number of halogens is 3. The Labute approximate surface area is 125 Å². The van der Waals surface area contributed by atoms with Crippen LogP contribution in [0.2, 0.25) is 0 Å². The molecule has 0 aliphatic rings. The van der Waals surface area contributed by atoms with Crippen molar-refractivity contribution in [3.05, 3.63) is 40.9 Å². The van der Waals surface area contributed by atoms with Crippen molar-refractivity contribution < 1.29 is 22.5 Å². The standard InChI is InChI=1S/C12H7F3N4O2S/c13-12(14,15)11-17-10(18-21-11)9-2-1-8(22-9)5-19-4-7(6-20)3-16-19/h1-4,6H,5H2. The lowest BCUT2D eigenvalue weighted by Crippen LogP contribution is -2.04. The second-order valence-electron chi connectivity index (χ2n) is 4.28. The molecule has 0 amide bonds. The highest BCUT2D eigenvalue weighted by Crippen LogP contribution is 2.31. The first-order valence-electron chi connectivity index (χ1n) is 5.93. The first kappa shape index (κ1) is 14.4. The van der Waals surface area contributed by atoms with Crippen molar-refractivity contribution in [2.24, 2.45) is 0 Å². The Hall–Kier alpha value is -2.49. The Kier molecular flexibility index (Phi) is 3.53. The van der Waals surface area contributed by atoms with Crippen LogP contribution in [0.15, 0.2) is 29.0 Å². The molecule has 6 nitrogen and oxygen atoms in total. The molecule has 10 heteroatoms. The maximum absolute atomic E-state index is 12.4. The van der Waals surface area contributed by atoms with Crippen LogP contribution in [0.25, 0.3) is 10.7 Å². The molecule has 0 fully saturated rings. The number of carbonyl (C=O) groups excluding carboxylic acids is 1. The van der Waals surface area contributed by atoms with Crippen LogP contribution in [0, 0.1) is 0 Å². The van der Waals surface area contributed by atoms with Gasteiger partial charge in [-0.1, -0.05) is 5.16 Å². The third-order valence-electron chi connectivity index (χ3n) is 2.66. The van der Waals surface area contributed by atoms with E-state index in [0.717, 1.165) is 4.88 Å². The lowest BCUT2D eigenvalue weighted by atomic mass is 10.4. The van der Waals surface area contributed by atoms with Crippen molar-refractivity contribution in [3.63, 3.8) is 0 Å². The van der Waals surface area contributed by atoms with Crippen LogP contribution in [-0.2, 0) is 12.7 Å². The molecule has 0 N–H and O–H groups in total. The average Bonchev–Trinajstić information content (AvgIpc) is 3.17. The number of hydrogen-bond donors (Lipinski definition) is 0. The molecule has 0 aromatic carbocycles. The lowest BCUT2D eigenvalue weighted by Gasteiger charge is -1.96.